The largest absolute Gasteiger partial charge is 0.497 e. The summed E-state index contributed by atoms with van der Waals surface area (Å²) in [6, 6.07) is 5.40. The molecular weight excluding hydrogens is 209 g/mol. The van der Waals surface area contributed by atoms with Crippen LogP contribution in [0.1, 0.15) is 12.8 Å². The number of rotatable bonds is 4. The predicted molar refractivity (Wildman–Crippen MR) is 61.1 cm³/mol. The minimum absolute atomic E-state index is 0.0724. The van der Waals surface area contributed by atoms with Gasteiger partial charge in [-0.05, 0) is 12.8 Å². The van der Waals surface area contributed by atoms with Crippen LogP contribution in [-0.2, 0) is 0 Å². The average molecular weight is 225 g/mol. The van der Waals surface area contributed by atoms with Crippen molar-refractivity contribution in [1.82, 2.24) is 0 Å². The van der Waals surface area contributed by atoms with Crippen molar-refractivity contribution in [3.63, 3.8) is 0 Å². The SMILES string of the molecule is COc1cc(NC2CCC2F)cc(OC)c1. The van der Waals surface area contributed by atoms with Gasteiger partial charge < -0.3 is 14.8 Å². The second-order valence-corrected chi connectivity index (χ2v) is 3.95. The highest BCUT2D eigenvalue weighted by Gasteiger charge is 2.30. The fourth-order valence-electron chi connectivity index (χ4n) is 1.73. The molecule has 2 unspecified atom stereocenters. The Bertz CT molecular complexity index is 348. The highest BCUT2D eigenvalue weighted by molar-refractivity contribution is 5.54. The van der Waals surface area contributed by atoms with E-state index in [0.29, 0.717) is 17.9 Å². The summed E-state index contributed by atoms with van der Waals surface area (Å²) in [4.78, 5) is 0. The van der Waals surface area contributed by atoms with Crippen LogP contribution >= 0.6 is 0 Å². The van der Waals surface area contributed by atoms with Gasteiger partial charge >= 0.3 is 0 Å². The first-order valence-electron chi connectivity index (χ1n) is 5.36. The number of hydrogen-bond donors (Lipinski definition) is 1. The van der Waals surface area contributed by atoms with Gasteiger partial charge in [0.2, 0.25) is 0 Å². The van der Waals surface area contributed by atoms with Crippen LogP contribution < -0.4 is 14.8 Å². The van der Waals surface area contributed by atoms with Gasteiger partial charge in [-0.15, -0.1) is 0 Å². The van der Waals surface area contributed by atoms with Gasteiger partial charge in [0.1, 0.15) is 17.7 Å². The van der Waals surface area contributed by atoms with Gasteiger partial charge in [0.25, 0.3) is 0 Å². The fourth-order valence-corrected chi connectivity index (χ4v) is 1.73. The molecule has 1 aliphatic rings. The average Bonchev–Trinajstić information content (AvgIpc) is 2.33. The molecule has 0 saturated heterocycles. The Morgan fingerprint density at radius 2 is 1.75 bits per heavy atom. The molecule has 1 aromatic carbocycles. The predicted octanol–water partition coefficient (Wildman–Crippen LogP) is 2.62. The van der Waals surface area contributed by atoms with Gasteiger partial charge in [-0.25, -0.2) is 4.39 Å². The maximum atomic E-state index is 13.1. The quantitative estimate of drug-likeness (QED) is 0.854. The van der Waals surface area contributed by atoms with Crippen molar-refractivity contribution in [2.45, 2.75) is 25.1 Å². The van der Waals surface area contributed by atoms with Gasteiger partial charge in [-0.2, -0.15) is 0 Å². The molecule has 0 amide bonds. The molecule has 1 aliphatic carbocycles. The highest BCUT2D eigenvalue weighted by Crippen LogP contribution is 2.31. The van der Waals surface area contributed by atoms with Crippen LogP contribution in [0.5, 0.6) is 11.5 Å². The molecule has 0 radical (unpaired) electrons. The number of alkyl halides is 1. The third-order valence-electron chi connectivity index (χ3n) is 2.89. The van der Waals surface area contributed by atoms with Crippen LogP contribution in [0.3, 0.4) is 0 Å². The van der Waals surface area contributed by atoms with Crippen LogP contribution in [0.15, 0.2) is 18.2 Å². The number of anilines is 1. The number of nitrogens with one attached hydrogen (secondary N) is 1. The third-order valence-corrected chi connectivity index (χ3v) is 2.89. The molecule has 1 N–H and O–H groups in total. The first-order chi connectivity index (χ1) is 7.72. The van der Waals surface area contributed by atoms with E-state index in [-0.39, 0.29) is 6.04 Å². The molecule has 2 atom stereocenters. The molecule has 1 saturated carbocycles. The van der Waals surface area contributed by atoms with Crippen molar-refractivity contribution in [3.8, 4) is 11.5 Å². The van der Waals surface area contributed by atoms with Gasteiger partial charge in [0.05, 0.1) is 20.3 Å². The minimum Gasteiger partial charge on any atom is -0.497 e. The summed E-state index contributed by atoms with van der Waals surface area (Å²) in [5.41, 5.74) is 0.837. The first kappa shape index (κ1) is 11.0. The second-order valence-electron chi connectivity index (χ2n) is 3.95. The van der Waals surface area contributed by atoms with E-state index < -0.39 is 6.17 Å². The molecule has 0 heterocycles. The third kappa shape index (κ3) is 2.21. The Balaban J connectivity index is 2.12. The van der Waals surface area contributed by atoms with Crippen LogP contribution in [0.25, 0.3) is 0 Å². The number of halogens is 1. The molecule has 0 bridgehead atoms. The van der Waals surface area contributed by atoms with E-state index in [0.717, 1.165) is 12.1 Å². The molecule has 0 spiro atoms. The molecule has 4 heteroatoms. The van der Waals surface area contributed by atoms with Crippen molar-refractivity contribution in [2.75, 3.05) is 19.5 Å². The molecule has 1 fully saturated rings. The Labute approximate surface area is 94.6 Å². The lowest BCUT2D eigenvalue weighted by Gasteiger charge is -2.32. The molecule has 88 valence electrons. The van der Waals surface area contributed by atoms with Crippen molar-refractivity contribution >= 4 is 5.69 Å². The van der Waals surface area contributed by atoms with E-state index in [1.165, 1.54) is 0 Å². The Kier molecular flexibility index (Phi) is 3.17. The highest BCUT2D eigenvalue weighted by atomic mass is 19.1. The van der Waals surface area contributed by atoms with Crippen LogP contribution in [0, 0.1) is 0 Å². The van der Waals surface area contributed by atoms with E-state index in [1.807, 2.05) is 12.1 Å². The minimum atomic E-state index is -0.739. The lowest BCUT2D eigenvalue weighted by atomic mass is 9.90. The van der Waals surface area contributed by atoms with E-state index in [1.54, 1.807) is 20.3 Å². The lowest BCUT2D eigenvalue weighted by Crippen LogP contribution is -2.39. The van der Waals surface area contributed by atoms with Crippen molar-refractivity contribution in [2.24, 2.45) is 0 Å². The van der Waals surface area contributed by atoms with Gasteiger partial charge in [-0.3, -0.25) is 0 Å². The van der Waals surface area contributed by atoms with Crippen molar-refractivity contribution < 1.29 is 13.9 Å². The molecule has 3 nitrogen and oxygen atoms in total. The zero-order valence-electron chi connectivity index (χ0n) is 9.50. The topological polar surface area (TPSA) is 30.5 Å². The zero-order valence-corrected chi connectivity index (χ0v) is 9.50. The van der Waals surface area contributed by atoms with Crippen LogP contribution in [0.4, 0.5) is 10.1 Å². The summed E-state index contributed by atoms with van der Waals surface area (Å²) in [6.07, 6.45) is 0.789. The number of benzene rings is 1. The summed E-state index contributed by atoms with van der Waals surface area (Å²) >= 11 is 0. The summed E-state index contributed by atoms with van der Waals surface area (Å²) in [7, 11) is 3.19. The smallest absolute Gasteiger partial charge is 0.124 e. The van der Waals surface area contributed by atoms with Crippen LogP contribution in [0.2, 0.25) is 0 Å². The van der Waals surface area contributed by atoms with Gasteiger partial charge in [0.15, 0.2) is 0 Å². The Morgan fingerprint density at radius 3 is 2.12 bits per heavy atom. The number of methoxy groups -OCH3 is 2. The number of hydrogen-bond acceptors (Lipinski definition) is 3. The fraction of sp³-hybridized carbons (Fsp3) is 0.500. The maximum Gasteiger partial charge on any atom is 0.124 e. The summed E-state index contributed by atoms with van der Waals surface area (Å²) in [5.74, 6) is 1.41. The van der Waals surface area contributed by atoms with Gasteiger partial charge in [0, 0.05) is 23.9 Å². The first-order valence-corrected chi connectivity index (χ1v) is 5.36. The molecule has 16 heavy (non-hydrogen) atoms. The van der Waals surface area contributed by atoms with Crippen LogP contribution in [-0.4, -0.2) is 26.4 Å². The maximum absolute atomic E-state index is 13.1. The number of ether oxygens (including phenoxy) is 2. The Hall–Kier alpha value is -1.45. The molecule has 0 aromatic heterocycles. The second kappa shape index (κ2) is 4.60. The van der Waals surface area contributed by atoms with Crippen molar-refractivity contribution in [1.29, 1.82) is 0 Å². The Morgan fingerprint density at radius 1 is 1.12 bits per heavy atom. The zero-order chi connectivity index (χ0) is 11.5. The summed E-state index contributed by atoms with van der Waals surface area (Å²) in [5, 5.41) is 3.14. The van der Waals surface area contributed by atoms with Gasteiger partial charge in [-0.1, -0.05) is 0 Å². The van der Waals surface area contributed by atoms with E-state index >= 15 is 0 Å². The normalized spacial score (nSPS) is 23.4. The van der Waals surface area contributed by atoms with E-state index in [4.69, 9.17) is 9.47 Å². The van der Waals surface area contributed by atoms with Crippen molar-refractivity contribution in [3.05, 3.63) is 18.2 Å². The lowest BCUT2D eigenvalue weighted by molar-refractivity contribution is 0.186. The molecule has 1 aromatic rings. The standard InChI is InChI=1S/C12H16FNO2/c1-15-9-5-8(6-10(7-9)16-2)14-12-4-3-11(12)13/h5-7,11-12,14H,3-4H2,1-2H3. The van der Waals surface area contributed by atoms with E-state index in [9.17, 15) is 4.39 Å². The molecule has 2 rings (SSSR count). The summed E-state index contributed by atoms with van der Waals surface area (Å²) in [6.45, 7) is 0. The van der Waals surface area contributed by atoms with E-state index in [2.05, 4.69) is 5.32 Å². The molecule has 0 aliphatic heterocycles. The summed E-state index contributed by atoms with van der Waals surface area (Å²) < 4.78 is 23.4. The monoisotopic (exact) mass is 225 g/mol. The molecular formula is C12H16FNO2.